The van der Waals surface area contributed by atoms with Gasteiger partial charge in [0.05, 0.1) is 25.3 Å². The smallest absolute Gasteiger partial charge is 0.255 e. The van der Waals surface area contributed by atoms with Gasteiger partial charge in [-0.1, -0.05) is 12.1 Å². The molecule has 30 heavy (non-hydrogen) atoms. The number of aryl methyl sites for hydroxylation is 1. The van der Waals surface area contributed by atoms with Gasteiger partial charge in [-0.05, 0) is 48.9 Å². The number of imidazole rings is 1. The SMILES string of the molecule is COc1cc(C)ccc1Oc1ccc(NC(=O)c2cccc(-n3ccnc3)c2)cn1. The second-order valence-corrected chi connectivity index (χ2v) is 6.62. The average Bonchev–Trinajstić information content (AvgIpc) is 3.31. The molecule has 1 N–H and O–H groups in total. The first-order valence-electron chi connectivity index (χ1n) is 9.31. The normalized spacial score (nSPS) is 10.5. The van der Waals surface area contributed by atoms with Crippen LogP contribution in [-0.2, 0) is 0 Å². The number of ether oxygens (including phenoxy) is 2. The van der Waals surface area contributed by atoms with Crippen LogP contribution in [0.5, 0.6) is 17.4 Å². The number of rotatable bonds is 6. The van der Waals surface area contributed by atoms with E-state index in [9.17, 15) is 4.79 Å². The third-order valence-electron chi connectivity index (χ3n) is 4.44. The molecule has 0 aliphatic heterocycles. The van der Waals surface area contributed by atoms with E-state index in [1.54, 1.807) is 50.1 Å². The van der Waals surface area contributed by atoms with Gasteiger partial charge in [0, 0.05) is 29.7 Å². The number of aromatic nitrogens is 3. The second-order valence-electron chi connectivity index (χ2n) is 6.62. The third kappa shape index (κ3) is 4.30. The number of pyridine rings is 1. The predicted molar refractivity (Wildman–Crippen MR) is 114 cm³/mol. The zero-order chi connectivity index (χ0) is 20.9. The Hall–Kier alpha value is -4.13. The van der Waals surface area contributed by atoms with E-state index >= 15 is 0 Å². The number of anilines is 1. The summed E-state index contributed by atoms with van der Waals surface area (Å²) in [5, 5.41) is 2.85. The van der Waals surface area contributed by atoms with Crippen molar-refractivity contribution in [1.82, 2.24) is 14.5 Å². The quantitative estimate of drug-likeness (QED) is 0.511. The van der Waals surface area contributed by atoms with Crippen LogP contribution in [0, 0.1) is 6.92 Å². The number of nitrogens with zero attached hydrogens (tertiary/aromatic N) is 3. The van der Waals surface area contributed by atoms with Gasteiger partial charge in [-0.3, -0.25) is 4.79 Å². The molecule has 0 spiro atoms. The van der Waals surface area contributed by atoms with E-state index in [2.05, 4.69) is 15.3 Å². The van der Waals surface area contributed by atoms with Crippen molar-refractivity contribution in [2.45, 2.75) is 6.92 Å². The van der Waals surface area contributed by atoms with Gasteiger partial charge < -0.3 is 19.4 Å². The van der Waals surface area contributed by atoms with Crippen LogP contribution in [0.3, 0.4) is 0 Å². The largest absolute Gasteiger partial charge is 0.493 e. The van der Waals surface area contributed by atoms with Crippen molar-refractivity contribution in [2.75, 3.05) is 12.4 Å². The monoisotopic (exact) mass is 400 g/mol. The van der Waals surface area contributed by atoms with Crippen molar-refractivity contribution in [3.8, 4) is 23.1 Å². The van der Waals surface area contributed by atoms with Crippen LogP contribution >= 0.6 is 0 Å². The number of carbonyl (C=O) groups excluding carboxylic acids is 1. The lowest BCUT2D eigenvalue weighted by molar-refractivity contribution is 0.102. The molecule has 4 aromatic rings. The lowest BCUT2D eigenvalue weighted by Gasteiger charge is -2.11. The maximum absolute atomic E-state index is 12.6. The summed E-state index contributed by atoms with van der Waals surface area (Å²) in [6, 6.07) is 16.4. The Morgan fingerprint density at radius 2 is 1.97 bits per heavy atom. The number of hydrogen-bond acceptors (Lipinski definition) is 5. The number of hydrogen-bond donors (Lipinski definition) is 1. The summed E-state index contributed by atoms with van der Waals surface area (Å²) < 4.78 is 13.0. The first kappa shape index (κ1) is 19.2. The molecule has 1 amide bonds. The number of carbonyl (C=O) groups is 1. The molecule has 2 aromatic carbocycles. The van der Waals surface area contributed by atoms with Crippen LogP contribution in [0.4, 0.5) is 5.69 Å². The van der Waals surface area contributed by atoms with E-state index in [-0.39, 0.29) is 5.91 Å². The second kappa shape index (κ2) is 8.48. The van der Waals surface area contributed by atoms with E-state index in [4.69, 9.17) is 9.47 Å². The van der Waals surface area contributed by atoms with Gasteiger partial charge in [0.15, 0.2) is 11.5 Å². The molecule has 0 bridgehead atoms. The standard InChI is InChI=1S/C23H20N4O3/c1-16-6-8-20(21(12-16)29-2)30-22-9-7-18(14-25-22)26-23(28)17-4-3-5-19(13-17)27-11-10-24-15-27/h3-15H,1-2H3,(H,26,28). The van der Waals surface area contributed by atoms with Crippen molar-refractivity contribution < 1.29 is 14.3 Å². The van der Waals surface area contributed by atoms with Crippen molar-refractivity contribution in [3.05, 3.63) is 90.6 Å². The molecular weight excluding hydrogens is 380 g/mol. The molecule has 0 fully saturated rings. The minimum absolute atomic E-state index is 0.229. The van der Waals surface area contributed by atoms with E-state index in [0.29, 0.717) is 28.6 Å². The number of benzene rings is 2. The molecule has 2 aromatic heterocycles. The Labute approximate surface area is 173 Å². The van der Waals surface area contributed by atoms with Gasteiger partial charge in [0.25, 0.3) is 5.91 Å². The summed E-state index contributed by atoms with van der Waals surface area (Å²) in [4.78, 5) is 20.9. The van der Waals surface area contributed by atoms with Crippen molar-refractivity contribution >= 4 is 11.6 Å². The highest BCUT2D eigenvalue weighted by Crippen LogP contribution is 2.31. The molecule has 0 atom stereocenters. The molecule has 0 aliphatic rings. The Morgan fingerprint density at radius 1 is 1.07 bits per heavy atom. The highest BCUT2D eigenvalue weighted by molar-refractivity contribution is 6.04. The highest BCUT2D eigenvalue weighted by atomic mass is 16.5. The Morgan fingerprint density at radius 3 is 2.70 bits per heavy atom. The summed E-state index contributed by atoms with van der Waals surface area (Å²) in [5.74, 6) is 1.38. The molecule has 150 valence electrons. The van der Waals surface area contributed by atoms with Gasteiger partial charge in [0.2, 0.25) is 5.88 Å². The third-order valence-corrected chi connectivity index (χ3v) is 4.44. The first-order chi connectivity index (χ1) is 14.6. The van der Waals surface area contributed by atoms with Crippen molar-refractivity contribution in [1.29, 1.82) is 0 Å². The maximum Gasteiger partial charge on any atom is 0.255 e. The Balaban J connectivity index is 1.45. The summed E-state index contributed by atoms with van der Waals surface area (Å²) in [5.41, 5.74) is 3.03. The highest BCUT2D eigenvalue weighted by Gasteiger charge is 2.10. The van der Waals surface area contributed by atoms with E-state index < -0.39 is 0 Å². The molecule has 7 nitrogen and oxygen atoms in total. The zero-order valence-corrected chi connectivity index (χ0v) is 16.6. The van der Waals surface area contributed by atoms with Gasteiger partial charge in [-0.15, -0.1) is 0 Å². The van der Waals surface area contributed by atoms with Crippen LogP contribution in [-0.4, -0.2) is 27.6 Å². The Bertz CT molecular complexity index is 1160. The fourth-order valence-corrected chi connectivity index (χ4v) is 2.91. The lowest BCUT2D eigenvalue weighted by Crippen LogP contribution is -2.12. The summed E-state index contributed by atoms with van der Waals surface area (Å²) >= 11 is 0. The molecule has 0 aliphatic carbocycles. The van der Waals surface area contributed by atoms with Crippen LogP contribution in [0.2, 0.25) is 0 Å². The number of amides is 1. The van der Waals surface area contributed by atoms with Crippen LogP contribution in [0.15, 0.2) is 79.5 Å². The molecule has 0 saturated carbocycles. The average molecular weight is 400 g/mol. The minimum Gasteiger partial charge on any atom is -0.493 e. The van der Waals surface area contributed by atoms with E-state index in [1.165, 1.54) is 0 Å². The predicted octanol–water partition coefficient (Wildman–Crippen LogP) is 4.63. The van der Waals surface area contributed by atoms with Gasteiger partial charge in [0.1, 0.15) is 0 Å². The summed E-state index contributed by atoms with van der Waals surface area (Å²) in [6.45, 7) is 1.98. The van der Waals surface area contributed by atoms with Gasteiger partial charge in [-0.25, -0.2) is 9.97 Å². The molecule has 4 rings (SSSR count). The minimum atomic E-state index is -0.229. The van der Waals surface area contributed by atoms with Crippen LogP contribution < -0.4 is 14.8 Å². The molecule has 7 heteroatoms. The van der Waals surface area contributed by atoms with Crippen molar-refractivity contribution in [3.63, 3.8) is 0 Å². The number of nitrogens with one attached hydrogen (secondary N) is 1. The van der Waals surface area contributed by atoms with Crippen LogP contribution in [0.25, 0.3) is 5.69 Å². The van der Waals surface area contributed by atoms with Gasteiger partial charge in [-0.2, -0.15) is 0 Å². The van der Waals surface area contributed by atoms with E-state index in [0.717, 1.165) is 11.3 Å². The summed E-state index contributed by atoms with van der Waals surface area (Å²) in [6.07, 6.45) is 6.74. The lowest BCUT2D eigenvalue weighted by atomic mass is 10.2. The molecular formula is C23H20N4O3. The van der Waals surface area contributed by atoms with E-state index in [1.807, 2.05) is 48.0 Å². The zero-order valence-electron chi connectivity index (χ0n) is 16.6. The summed E-state index contributed by atoms with van der Waals surface area (Å²) in [7, 11) is 1.59. The fourth-order valence-electron chi connectivity index (χ4n) is 2.91. The maximum atomic E-state index is 12.6. The van der Waals surface area contributed by atoms with Crippen LogP contribution in [0.1, 0.15) is 15.9 Å². The Kier molecular flexibility index (Phi) is 5.43. The first-order valence-corrected chi connectivity index (χ1v) is 9.31. The molecule has 0 unspecified atom stereocenters. The molecule has 2 heterocycles. The topological polar surface area (TPSA) is 78.3 Å². The molecule has 0 saturated heterocycles. The van der Waals surface area contributed by atoms with Gasteiger partial charge >= 0.3 is 0 Å². The number of methoxy groups -OCH3 is 1. The fraction of sp³-hybridized carbons (Fsp3) is 0.0870. The van der Waals surface area contributed by atoms with Crippen molar-refractivity contribution in [2.24, 2.45) is 0 Å². The molecule has 0 radical (unpaired) electrons.